The number of hydrogen-bond acceptors (Lipinski definition) is 5. The topological polar surface area (TPSA) is 115 Å². The van der Waals surface area contributed by atoms with Crippen molar-refractivity contribution in [3.05, 3.63) is 48.5 Å². The summed E-state index contributed by atoms with van der Waals surface area (Å²) < 4.78 is 50.0. The van der Waals surface area contributed by atoms with E-state index in [1.54, 1.807) is 30.3 Å². The van der Waals surface area contributed by atoms with Gasteiger partial charge in [-0.1, -0.05) is 6.07 Å². The molecule has 0 aliphatic rings. The van der Waals surface area contributed by atoms with Crippen LogP contribution in [0.1, 0.15) is 19.8 Å². The number of carbonyl (C=O) groups excluding carboxylic acids is 1. The Hall–Kier alpha value is -2.75. The van der Waals surface area contributed by atoms with Gasteiger partial charge in [0.1, 0.15) is 0 Å². The molecule has 0 unspecified atom stereocenters. The molecule has 2 aromatic carbocycles. The third-order valence-electron chi connectivity index (χ3n) is 4.63. The standard InChI is InChI=1S/C21H26F3N4O4P/c1-2-28(13-12-25-20(29)15-21(23,24)10-11-22)18-8-6-16(7-9-18)26-27-17-4-3-5-19(14-17)33(30,31)32/h3-9,14H,2,10-13,15H2,1H3,(H,25,29)(H2,30,31,32). The van der Waals surface area contributed by atoms with Crippen LogP contribution in [-0.4, -0.2) is 47.9 Å². The first kappa shape index (κ1) is 26.5. The molecule has 0 bridgehead atoms. The van der Waals surface area contributed by atoms with E-state index in [1.165, 1.54) is 18.2 Å². The van der Waals surface area contributed by atoms with Crippen molar-refractivity contribution < 1.29 is 32.3 Å². The average molecular weight is 486 g/mol. The summed E-state index contributed by atoms with van der Waals surface area (Å²) in [6.07, 6.45) is -2.01. The molecule has 2 aromatic rings. The second-order valence-electron chi connectivity index (χ2n) is 7.18. The second kappa shape index (κ2) is 11.9. The van der Waals surface area contributed by atoms with Crippen molar-refractivity contribution in [2.75, 3.05) is 31.2 Å². The van der Waals surface area contributed by atoms with Gasteiger partial charge in [0, 0.05) is 31.7 Å². The molecule has 1 amide bonds. The number of hydrogen-bond donors (Lipinski definition) is 3. The fourth-order valence-corrected chi connectivity index (χ4v) is 3.49. The van der Waals surface area contributed by atoms with Gasteiger partial charge in [-0.05, 0) is 49.4 Å². The summed E-state index contributed by atoms with van der Waals surface area (Å²) in [4.78, 5) is 32.0. The maximum atomic E-state index is 13.3. The Morgan fingerprint density at radius 3 is 2.39 bits per heavy atom. The second-order valence-corrected chi connectivity index (χ2v) is 8.79. The van der Waals surface area contributed by atoms with E-state index in [1.807, 2.05) is 11.8 Å². The Balaban J connectivity index is 1.93. The van der Waals surface area contributed by atoms with Crippen molar-refractivity contribution in [3.63, 3.8) is 0 Å². The quantitative estimate of drug-likeness (QED) is 0.307. The first-order chi connectivity index (χ1) is 15.5. The Bertz CT molecular complexity index is 999. The minimum atomic E-state index is -4.38. The summed E-state index contributed by atoms with van der Waals surface area (Å²) in [6.45, 7) is 1.85. The number of halogens is 3. The molecule has 0 spiro atoms. The minimum absolute atomic E-state index is 0.147. The van der Waals surface area contributed by atoms with E-state index in [0.29, 0.717) is 24.5 Å². The van der Waals surface area contributed by atoms with Gasteiger partial charge in [-0.25, -0.2) is 8.78 Å². The molecule has 12 heteroatoms. The van der Waals surface area contributed by atoms with Gasteiger partial charge in [0.25, 0.3) is 5.92 Å². The van der Waals surface area contributed by atoms with Crippen LogP contribution < -0.4 is 15.5 Å². The Labute approximate surface area is 189 Å². The molecule has 0 heterocycles. The lowest BCUT2D eigenvalue weighted by molar-refractivity contribution is -0.128. The van der Waals surface area contributed by atoms with E-state index in [-0.39, 0.29) is 11.8 Å². The Morgan fingerprint density at radius 1 is 1.12 bits per heavy atom. The lowest BCUT2D eigenvalue weighted by Crippen LogP contribution is -2.37. The van der Waals surface area contributed by atoms with Crippen LogP contribution in [0, 0.1) is 0 Å². The first-order valence-electron chi connectivity index (χ1n) is 10.2. The van der Waals surface area contributed by atoms with Gasteiger partial charge in [-0.15, -0.1) is 0 Å². The first-order valence-corrected chi connectivity index (χ1v) is 11.8. The highest BCUT2D eigenvalue weighted by molar-refractivity contribution is 7.60. The predicted molar refractivity (Wildman–Crippen MR) is 120 cm³/mol. The highest BCUT2D eigenvalue weighted by Crippen LogP contribution is 2.34. The predicted octanol–water partition coefficient (Wildman–Crippen LogP) is 4.23. The zero-order chi connectivity index (χ0) is 24.5. The van der Waals surface area contributed by atoms with E-state index in [4.69, 9.17) is 0 Å². The number of alkyl halides is 3. The normalized spacial score (nSPS) is 12.2. The van der Waals surface area contributed by atoms with Gasteiger partial charge >= 0.3 is 7.60 Å². The lowest BCUT2D eigenvalue weighted by atomic mass is 10.2. The van der Waals surface area contributed by atoms with Crippen LogP contribution in [0.2, 0.25) is 0 Å². The van der Waals surface area contributed by atoms with Gasteiger partial charge in [0.05, 0.1) is 29.8 Å². The number of amides is 1. The van der Waals surface area contributed by atoms with Crippen LogP contribution in [0.15, 0.2) is 58.8 Å². The van der Waals surface area contributed by atoms with Crippen LogP contribution in [-0.2, 0) is 9.36 Å². The van der Waals surface area contributed by atoms with E-state index in [0.717, 1.165) is 5.69 Å². The highest BCUT2D eigenvalue weighted by Gasteiger charge is 2.31. The number of anilines is 1. The van der Waals surface area contributed by atoms with Crippen LogP contribution in [0.3, 0.4) is 0 Å². The van der Waals surface area contributed by atoms with E-state index < -0.39 is 38.9 Å². The maximum Gasteiger partial charge on any atom is 0.356 e. The molecule has 3 N–H and O–H groups in total. The molecule has 2 rings (SSSR count). The molecule has 33 heavy (non-hydrogen) atoms. The SMILES string of the molecule is CCN(CCNC(=O)CC(F)(F)CCF)c1ccc(N=Nc2cccc(P(=O)(O)O)c2)cc1. The van der Waals surface area contributed by atoms with Gasteiger partial charge < -0.3 is 20.0 Å². The number of likely N-dealkylation sites (N-methyl/N-ethyl adjacent to an activating group) is 1. The highest BCUT2D eigenvalue weighted by atomic mass is 31.2. The molecular formula is C21H26F3N4O4P. The molecular weight excluding hydrogens is 460 g/mol. The van der Waals surface area contributed by atoms with Gasteiger partial charge in [-0.2, -0.15) is 10.2 Å². The van der Waals surface area contributed by atoms with Crippen molar-refractivity contribution in [3.8, 4) is 0 Å². The summed E-state index contributed by atoms with van der Waals surface area (Å²) in [5.41, 5.74) is 1.62. The van der Waals surface area contributed by atoms with Crippen molar-refractivity contribution in [1.29, 1.82) is 0 Å². The number of benzene rings is 2. The number of azo groups is 1. The third-order valence-corrected chi connectivity index (χ3v) is 5.58. The molecule has 0 saturated carbocycles. The van der Waals surface area contributed by atoms with Crippen LogP contribution in [0.4, 0.5) is 30.2 Å². The zero-order valence-corrected chi connectivity index (χ0v) is 18.9. The molecule has 0 radical (unpaired) electrons. The number of nitrogens with zero attached hydrogens (tertiary/aromatic N) is 3. The van der Waals surface area contributed by atoms with Gasteiger partial charge in [-0.3, -0.25) is 13.8 Å². The fraction of sp³-hybridized carbons (Fsp3) is 0.381. The molecule has 0 aliphatic carbocycles. The van der Waals surface area contributed by atoms with Crippen molar-refractivity contribution in [2.24, 2.45) is 10.2 Å². The van der Waals surface area contributed by atoms with E-state index in [9.17, 15) is 32.3 Å². The fourth-order valence-electron chi connectivity index (χ4n) is 2.91. The van der Waals surface area contributed by atoms with E-state index >= 15 is 0 Å². The van der Waals surface area contributed by atoms with Crippen molar-refractivity contribution in [2.45, 2.75) is 25.7 Å². The van der Waals surface area contributed by atoms with Crippen LogP contribution in [0.5, 0.6) is 0 Å². The molecule has 8 nitrogen and oxygen atoms in total. The molecule has 0 saturated heterocycles. The van der Waals surface area contributed by atoms with Gasteiger partial charge in [0.2, 0.25) is 5.91 Å². The Kier molecular flexibility index (Phi) is 9.57. The van der Waals surface area contributed by atoms with Crippen molar-refractivity contribution in [1.82, 2.24) is 5.32 Å². The van der Waals surface area contributed by atoms with Crippen LogP contribution in [0.25, 0.3) is 0 Å². The molecule has 0 atom stereocenters. The largest absolute Gasteiger partial charge is 0.370 e. The zero-order valence-electron chi connectivity index (χ0n) is 18.0. The summed E-state index contributed by atoms with van der Waals surface area (Å²) in [5.74, 6) is -4.19. The Morgan fingerprint density at radius 2 is 1.79 bits per heavy atom. The summed E-state index contributed by atoms with van der Waals surface area (Å²) >= 11 is 0. The molecule has 0 aliphatic heterocycles. The minimum Gasteiger partial charge on any atom is -0.370 e. The third kappa shape index (κ3) is 8.95. The smallest absolute Gasteiger partial charge is 0.356 e. The number of rotatable bonds is 12. The molecule has 180 valence electrons. The van der Waals surface area contributed by atoms with E-state index in [2.05, 4.69) is 15.5 Å². The number of nitrogens with one attached hydrogen (secondary N) is 1. The summed E-state index contributed by atoms with van der Waals surface area (Å²) in [7, 11) is -4.38. The molecule has 0 fully saturated rings. The maximum absolute atomic E-state index is 13.3. The monoisotopic (exact) mass is 486 g/mol. The van der Waals surface area contributed by atoms with Crippen LogP contribution >= 0.6 is 7.60 Å². The lowest BCUT2D eigenvalue weighted by Gasteiger charge is -2.23. The summed E-state index contributed by atoms with van der Waals surface area (Å²) in [6, 6.07) is 12.6. The van der Waals surface area contributed by atoms with Gasteiger partial charge in [0.15, 0.2) is 0 Å². The molecule has 0 aromatic heterocycles. The number of carbonyl (C=O) groups is 1. The summed E-state index contributed by atoms with van der Waals surface area (Å²) in [5, 5.41) is 10.3. The average Bonchev–Trinajstić information content (AvgIpc) is 2.75. The van der Waals surface area contributed by atoms with Crippen molar-refractivity contribution >= 4 is 35.9 Å².